The predicted molar refractivity (Wildman–Crippen MR) is 57.2 cm³/mol. The van der Waals surface area contributed by atoms with E-state index in [1.54, 1.807) is 0 Å². The average molecular weight is 169 g/mol. The molecule has 0 heteroatoms. The third kappa shape index (κ3) is 10.0. The van der Waals surface area contributed by atoms with Crippen LogP contribution < -0.4 is 0 Å². The summed E-state index contributed by atoms with van der Waals surface area (Å²) >= 11 is 0. The summed E-state index contributed by atoms with van der Waals surface area (Å²) in [5.74, 6) is 0. The largest absolute Gasteiger partial charge is 0.343 e. The van der Waals surface area contributed by atoms with Gasteiger partial charge in [-0.05, 0) is 0 Å². The van der Waals surface area contributed by atoms with E-state index in [1.165, 1.54) is 57.8 Å². The molecule has 0 radical (unpaired) electrons. The van der Waals surface area contributed by atoms with Crippen LogP contribution in [0.25, 0.3) is 0 Å². The van der Waals surface area contributed by atoms with Gasteiger partial charge >= 0.3 is 0 Å². The zero-order chi connectivity index (χ0) is 9.07. The van der Waals surface area contributed by atoms with Crippen molar-refractivity contribution in [1.82, 2.24) is 0 Å². The molecule has 0 atom stereocenters. The van der Waals surface area contributed by atoms with E-state index >= 15 is 0 Å². The molecule has 0 bridgehead atoms. The zero-order valence-corrected chi connectivity index (χ0v) is 8.78. The molecule has 0 aromatic heterocycles. The summed E-state index contributed by atoms with van der Waals surface area (Å²) in [6.07, 6.45) is 13.9. The Morgan fingerprint density at radius 1 is 0.667 bits per heavy atom. The van der Waals surface area contributed by atoms with Gasteiger partial charge in [0.1, 0.15) is 0 Å². The molecular formula is C12H25-. The second kappa shape index (κ2) is 11.0. The van der Waals surface area contributed by atoms with E-state index in [2.05, 4.69) is 13.8 Å². The normalized spacial score (nSPS) is 10.5. The van der Waals surface area contributed by atoms with Crippen LogP contribution >= 0.6 is 0 Å². The highest BCUT2D eigenvalue weighted by Gasteiger charge is 1.89. The summed E-state index contributed by atoms with van der Waals surface area (Å²) in [5.41, 5.74) is 0. The van der Waals surface area contributed by atoms with E-state index in [0.29, 0.717) is 0 Å². The summed E-state index contributed by atoms with van der Waals surface area (Å²) in [6.45, 7) is 6.12. The Bertz CT molecular complexity index is 56.4. The van der Waals surface area contributed by atoms with Crippen LogP contribution in [0.4, 0.5) is 0 Å². The molecule has 0 nitrogen and oxygen atoms in total. The summed E-state index contributed by atoms with van der Waals surface area (Å²) in [5, 5.41) is 0. The van der Waals surface area contributed by atoms with Gasteiger partial charge < -0.3 is 6.92 Å². The fourth-order valence-electron chi connectivity index (χ4n) is 1.49. The molecule has 0 fully saturated rings. The van der Waals surface area contributed by atoms with Crippen LogP contribution in [0.3, 0.4) is 0 Å². The minimum absolute atomic E-state index is 1.12. The van der Waals surface area contributed by atoms with Crippen LogP contribution in [-0.4, -0.2) is 0 Å². The van der Waals surface area contributed by atoms with Crippen LogP contribution in [-0.2, 0) is 0 Å². The van der Waals surface area contributed by atoms with Crippen LogP contribution in [0.15, 0.2) is 0 Å². The van der Waals surface area contributed by atoms with Crippen molar-refractivity contribution < 1.29 is 0 Å². The summed E-state index contributed by atoms with van der Waals surface area (Å²) < 4.78 is 0. The van der Waals surface area contributed by atoms with Gasteiger partial charge in [0, 0.05) is 0 Å². The Morgan fingerprint density at radius 2 is 1.08 bits per heavy atom. The first-order chi connectivity index (χ1) is 5.91. The maximum Gasteiger partial charge on any atom is -0.0533 e. The van der Waals surface area contributed by atoms with Crippen molar-refractivity contribution in [2.75, 3.05) is 0 Å². The van der Waals surface area contributed by atoms with Crippen LogP contribution in [0.5, 0.6) is 0 Å². The maximum absolute atomic E-state index is 3.84. The highest BCUT2D eigenvalue weighted by Crippen LogP contribution is 2.09. The second-order valence-corrected chi connectivity index (χ2v) is 3.68. The van der Waals surface area contributed by atoms with Gasteiger partial charge in [-0.1, -0.05) is 64.7 Å². The molecule has 0 aliphatic carbocycles. The highest BCUT2D eigenvalue weighted by molar-refractivity contribution is 4.47. The average Bonchev–Trinajstić information content (AvgIpc) is 2.10. The van der Waals surface area contributed by atoms with Crippen molar-refractivity contribution in [1.29, 1.82) is 0 Å². The smallest absolute Gasteiger partial charge is 0.0533 e. The van der Waals surface area contributed by atoms with Gasteiger partial charge in [0.15, 0.2) is 0 Å². The Labute approximate surface area is 78.8 Å². The molecule has 0 rings (SSSR count). The molecule has 12 heavy (non-hydrogen) atoms. The van der Waals surface area contributed by atoms with Crippen molar-refractivity contribution in [3.05, 3.63) is 6.92 Å². The third-order valence-corrected chi connectivity index (χ3v) is 2.35. The van der Waals surface area contributed by atoms with Crippen LogP contribution in [0, 0.1) is 6.92 Å². The molecule has 0 N–H and O–H groups in total. The Kier molecular flexibility index (Phi) is 11.0. The van der Waals surface area contributed by atoms with Gasteiger partial charge in [-0.2, -0.15) is 6.42 Å². The SMILES string of the molecule is [CH2-]CCCCCCCCCCC. The fraction of sp³-hybridized carbons (Fsp3) is 0.917. The quantitative estimate of drug-likeness (QED) is 0.345. The van der Waals surface area contributed by atoms with E-state index in [9.17, 15) is 0 Å². The molecule has 0 unspecified atom stereocenters. The van der Waals surface area contributed by atoms with Crippen LogP contribution in [0.1, 0.15) is 71.1 Å². The molecule has 0 saturated carbocycles. The van der Waals surface area contributed by atoms with E-state index in [0.717, 1.165) is 6.42 Å². The van der Waals surface area contributed by atoms with Gasteiger partial charge in [0.25, 0.3) is 0 Å². The lowest BCUT2D eigenvalue weighted by Gasteiger charge is -2.01. The standard InChI is InChI=1S/C12H25/c1-3-5-7-9-11-12-10-8-6-4-2/h1,3-12H2,2H3/q-1. The van der Waals surface area contributed by atoms with Crippen molar-refractivity contribution in [2.45, 2.75) is 71.1 Å². The van der Waals surface area contributed by atoms with Crippen molar-refractivity contribution in [3.8, 4) is 0 Å². The number of hydrogen-bond acceptors (Lipinski definition) is 0. The Balaban J connectivity index is 2.73. The highest BCUT2D eigenvalue weighted by atomic mass is 14.0. The maximum atomic E-state index is 3.84. The monoisotopic (exact) mass is 169 g/mol. The molecule has 0 spiro atoms. The van der Waals surface area contributed by atoms with Crippen molar-refractivity contribution >= 4 is 0 Å². The second-order valence-electron chi connectivity index (χ2n) is 3.68. The first-order valence-electron chi connectivity index (χ1n) is 5.71. The molecule has 0 aliphatic heterocycles. The summed E-state index contributed by atoms with van der Waals surface area (Å²) in [6, 6.07) is 0. The lowest BCUT2D eigenvalue weighted by atomic mass is 10.1. The van der Waals surface area contributed by atoms with Gasteiger partial charge in [-0.3, -0.25) is 0 Å². The van der Waals surface area contributed by atoms with Gasteiger partial charge in [-0.25, -0.2) is 0 Å². The van der Waals surface area contributed by atoms with Gasteiger partial charge in [0.2, 0.25) is 0 Å². The first kappa shape index (κ1) is 12.0. The fourth-order valence-corrected chi connectivity index (χ4v) is 1.49. The molecule has 0 aromatic rings. The van der Waals surface area contributed by atoms with E-state index < -0.39 is 0 Å². The predicted octanol–water partition coefficient (Wildman–Crippen LogP) is 4.74. The lowest BCUT2D eigenvalue weighted by Crippen LogP contribution is -1.80. The van der Waals surface area contributed by atoms with Crippen LogP contribution in [0.2, 0.25) is 0 Å². The lowest BCUT2D eigenvalue weighted by molar-refractivity contribution is 0.566. The molecule has 0 heterocycles. The molecule has 74 valence electrons. The van der Waals surface area contributed by atoms with Gasteiger partial charge in [-0.15, -0.1) is 0 Å². The molecule has 0 saturated heterocycles. The van der Waals surface area contributed by atoms with E-state index in [1.807, 2.05) is 0 Å². The number of rotatable bonds is 9. The summed E-state index contributed by atoms with van der Waals surface area (Å²) in [4.78, 5) is 0. The molecular weight excluding hydrogens is 144 g/mol. The van der Waals surface area contributed by atoms with Gasteiger partial charge in [0.05, 0.1) is 0 Å². The van der Waals surface area contributed by atoms with E-state index in [-0.39, 0.29) is 0 Å². The Morgan fingerprint density at radius 3 is 1.50 bits per heavy atom. The molecule has 0 aliphatic rings. The minimum Gasteiger partial charge on any atom is -0.343 e. The van der Waals surface area contributed by atoms with E-state index in [4.69, 9.17) is 0 Å². The first-order valence-corrected chi connectivity index (χ1v) is 5.71. The molecule has 0 aromatic carbocycles. The van der Waals surface area contributed by atoms with Crippen molar-refractivity contribution in [2.24, 2.45) is 0 Å². The zero-order valence-electron chi connectivity index (χ0n) is 8.78. The number of hydrogen-bond donors (Lipinski definition) is 0. The number of unbranched alkanes of at least 4 members (excludes halogenated alkanes) is 9. The molecule has 0 amide bonds. The topological polar surface area (TPSA) is 0 Å². The third-order valence-electron chi connectivity index (χ3n) is 2.35. The van der Waals surface area contributed by atoms with Crippen molar-refractivity contribution in [3.63, 3.8) is 0 Å². The summed E-state index contributed by atoms with van der Waals surface area (Å²) in [7, 11) is 0. The Hall–Kier alpha value is 0. The minimum atomic E-state index is 1.12.